The Balaban J connectivity index is 3.36. The van der Waals surface area contributed by atoms with Crippen molar-refractivity contribution in [1.82, 2.24) is 0 Å². The molecule has 0 aliphatic heterocycles. The van der Waals surface area contributed by atoms with Crippen LogP contribution in [0.15, 0.2) is 18.2 Å². The second-order valence-electron chi connectivity index (χ2n) is 4.53. The molecule has 1 atom stereocenters. The van der Waals surface area contributed by atoms with Gasteiger partial charge in [0.05, 0.1) is 10.5 Å². The Labute approximate surface area is 114 Å². The molecule has 0 radical (unpaired) electrons. The molecule has 1 aromatic rings. The summed E-state index contributed by atoms with van der Waals surface area (Å²) in [4.78, 5) is 32.7. The minimum Gasteiger partial charge on any atom is -0.478 e. The molecule has 0 heterocycles. The van der Waals surface area contributed by atoms with Crippen molar-refractivity contribution < 1.29 is 19.6 Å². The summed E-state index contributed by atoms with van der Waals surface area (Å²) in [5.74, 6) is -2.30. The third-order valence-electron chi connectivity index (χ3n) is 2.74. The Morgan fingerprint density at radius 2 is 2.00 bits per heavy atom. The van der Waals surface area contributed by atoms with Crippen LogP contribution >= 0.6 is 0 Å². The second kappa shape index (κ2) is 6.00. The Hall–Kier alpha value is -2.64. The number of anilines is 1. The predicted octanol–water partition coefficient (Wildman–Crippen LogP) is 1.21. The number of benzene rings is 1. The summed E-state index contributed by atoms with van der Waals surface area (Å²) in [7, 11) is 0. The number of rotatable bonds is 6. The van der Waals surface area contributed by atoms with Crippen LogP contribution in [0.5, 0.6) is 0 Å². The lowest BCUT2D eigenvalue weighted by Gasteiger charge is -2.21. The van der Waals surface area contributed by atoms with Crippen molar-refractivity contribution in [2.24, 2.45) is 11.7 Å². The zero-order chi connectivity index (χ0) is 15.4. The van der Waals surface area contributed by atoms with Gasteiger partial charge in [0.15, 0.2) is 0 Å². The standard InChI is InChI=1S/C12H15N3O5/c1-6(2)9(11(13)16)14-10-7(12(17)18)4-3-5-8(10)15(19)20/h3-6,9,14H,1-2H3,(H2,13,16)(H,17,18). The lowest BCUT2D eigenvalue weighted by atomic mass is 10.0. The van der Waals surface area contributed by atoms with Crippen LogP contribution in [-0.4, -0.2) is 27.9 Å². The van der Waals surface area contributed by atoms with Crippen molar-refractivity contribution >= 4 is 23.3 Å². The molecule has 0 saturated carbocycles. The highest BCUT2D eigenvalue weighted by Gasteiger charge is 2.27. The predicted molar refractivity (Wildman–Crippen MR) is 71.5 cm³/mol. The molecule has 1 amide bonds. The zero-order valence-electron chi connectivity index (χ0n) is 11.0. The fourth-order valence-electron chi connectivity index (χ4n) is 1.74. The lowest BCUT2D eigenvalue weighted by molar-refractivity contribution is -0.384. The van der Waals surface area contributed by atoms with Crippen LogP contribution in [0.25, 0.3) is 0 Å². The molecule has 0 aliphatic rings. The summed E-state index contributed by atoms with van der Waals surface area (Å²) in [6.45, 7) is 3.38. The van der Waals surface area contributed by atoms with Gasteiger partial charge in [-0.25, -0.2) is 4.79 Å². The highest BCUT2D eigenvalue weighted by molar-refractivity contribution is 5.98. The Morgan fingerprint density at radius 1 is 1.40 bits per heavy atom. The van der Waals surface area contributed by atoms with Crippen LogP contribution in [0.4, 0.5) is 11.4 Å². The van der Waals surface area contributed by atoms with Crippen LogP contribution in [0, 0.1) is 16.0 Å². The average Bonchev–Trinajstić information content (AvgIpc) is 2.34. The summed E-state index contributed by atoms with van der Waals surface area (Å²) in [6, 6.07) is 2.74. The van der Waals surface area contributed by atoms with Gasteiger partial charge in [0.25, 0.3) is 5.69 Å². The molecule has 0 saturated heterocycles. The Morgan fingerprint density at radius 3 is 2.40 bits per heavy atom. The van der Waals surface area contributed by atoms with Crippen LogP contribution in [-0.2, 0) is 4.79 Å². The molecule has 8 heteroatoms. The maximum absolute atomic E-state index is 11.4. The molecule has 0 bridgehead atoms. The van der Waals surface area contributed by atoms with Gasteiger partial charge < -0.3 is 16.2 Å². The fraction of sp³-hybridized carbons (Fsp3) is 0.333. The van der Waals surface area contributed by atoms with Crippen LogP contribution in [0.3, 0.4) is 0 Å². The van der Waals surface area contributed by atoms with Crippen molar-refractivity contribution in [2.45, 2.75) is 19.9 Å². The third-order valence-corrected chi connectivity index (χ3v) is 2.74. The third kappa shape index (κ3) is 3.22. The number of primary amides is 1. The lowest BCUT2D eigenvalue weighted by Crippen LogP contribution is -2.40. The molecule has 0 fully saturated rings. The maximum Gasteiger partial charge on any atom is 0.338 e. The molecule has 0 aromatic heterocycles. The topological polar surface area (TPSA) is 136 Å². The SMILES string of the molecule is CC(C)C(Nc1c(C(=O)O)cccc1[N+](=O)[O-])C(N)=O. The highest BCUT2D eigenvalue weighted by atomic mass is 16.6. The number of nitro benzene ring substituents is 1. The van der Waals surface area contributed by atoms with Crippen molar-refractivity contribution in [3.05, 3.63) is 33.9 Å². The van der Waals surface area contributed by atoms with E-state index in [-0.39, 0.29) is 17.2 Å². The normalized spacial score (nSPS) is 11.9. The number of carboxylic acid groups (broad SMARTS) is 1. The monoisotopic (exact) mass is 281 g/mol. The van der Waals surface area contributed by atoms with E-state index in [1.807, 2.05) is 0 Å². The van der Waals surface area contributed by atoms with Crippen LogP contribution in [0.1, 0.15) is 24.2 Å². The van der Waals surface area contributed by atoms with Gasteiger partial charge in [0.2, 0.25) is 5.91 Å². The molecular formula is C12H15N3O5. The number of aromatic carboxylic acids is 1. The largest absolute Gasteiger partial charge is 0.478 e. The summed E-state index contributed by atoms with van der Waals surface area (Å²) >= 11 is 0. The fourth-order valence-corrected chi connectivity index (χ4v) is 1.74. The van der Waals surface area contributed by atoms with E-state index in [0.717, 1.165) is 6.07 Å². The first-order chi connectivity index (χ1) is 9.25. The number of amides is 1. The molecule has 108 valence electrons. The van der Waals surface area contributed by atoms with E-state index in [9.17, 15) is 19.7 Å². The zero-order valence-corrected chi connectivity index (χ0v) is 11.0. The number of nitrogens with zero attached hydrogens (tertiary/aromatic N) is 1. The van der Waals surface area contributed by atoms with E-state index < -0.39 is 28.5 Å². The number of hydrogen-bond acceptors (Lipinski definition) is 5. The number of carboxylic acids is 1. The highest BCUT2D eigenvalue weighted by Crippen LogP contribution is 2.29. The molecular weight excluding hydrogens is 266 g/mol. The summed E-state index contributed by atoms with van der Waals surface area (Å²) in [6.07, 6.45) is 0. The molecule has 0 spiro atoms. The van der Waals surface area contributed by atoms with E-state index >= 15 is 0 Å². The second-order valence-corrected chi connectivity index (χ2v) is 4.53. The van der Waals surface area contributed by atoms with Gasteiger partial charge in [0, 0.05) is 6.07 Å². The molecule has 4 N–H and O–H groups in total. The van der Waals surface area contributed by atoms with Gasteiger partial charge in [0.1, 0.15) is 11.7 Å². The first-order valence-electron chi connectivity index (χ1n) is 5.82. The van der Waals surface area contributed by atoms with E-state index in [1.165, 1.54) is 12.1 Å². The van der Waals surface area contributed by atoms with Crippen molar-refractivity contribution in [1.29, 1.82) is 0 Å². The van der Waals surface area contributed by atoms with Crippen molar-refractivity contribution in [3.8, 4) is 0 Å². The van der Waals surface area contributed by atoms with Gasteiger partial charge in [-0.1, -0.05) is 19.9 Å². The molecule has 1 rings (SSSR count). The van der Waals surface area contributed by atoms with E-state index in [1.54, 1.807) is 13.8 Å². The summed E-state index contributed by atoms with van der Waals surface area (Å²) in [5.41, 5.74) is 4.29. The minimum atomic E-state index is -1.33. The number of hydrogen-bond donors (Lipinski definition) is 3. The van der Waals surface area contributed by atoms with E-state index in [2.05, 4.69) is 5.32 Å². The number of carbonyl (C=O) groups excluding carboxylic acids is 1. The number of nitrogens with one attached hydrogen (secondary N) is 1. The first-order valence-corrected chi connectivity index (χ1v) is 5.82. The Kier molecular flexibility index (Phi) is 4.63. The van der Waals surface area contributed by atoms with E-state index in [4.69, 9.17) is 10.8 Å². The van der Waals surface area contributed by atoms with Gasteiger partial charge in [-0.15, -0.1) is 0 Å². The van der Waals surface area contributed by atoms with Gasteiger partial charge in [-0.2, -0.15) is 0 Å². The van der Waals surface area contributed by atoms with E-state index in [0.29, 0.717) is 0 Å². The van der Waals surface area contributed by atoms with Gasteiger partial charge in [-0.05, 0) is 12.0 Å². The number of para-hydroxylation sites is 1. The van der Waals surface area contributed by atoms with Gasteiger partial charge >= 0.3 is 5.97 Å². The Bertz CT molecular complexity index is 524. The molecule has 1 unspecified atom stereocenters. The quantitative estimate of drug-likeness (QED) is 0.529. The van der Waals surface area contributed by atoms with Crippen LogP contribution in [0.2, 0.25) is 0 Å². The number of nitrogens with two attached hydrogens (primary N) is 1. The van der Waals surface area contributed by atoms with Gasteiger partial charge in [-0.3, -0.25) is 14.9 Å². The minimum absolute atomic E-state index is 0.220. The first kappa shape index (κ1) is 15.4. The molecule has 1 aromatic carbocycles. The van der Waals surface area contributed by atoms with Crippen LogP contribution < -0.4 is 11.1 Å². The van der Waals surface area contributed by atoms with Crippen molar-refractivity contribution in [2.75, 3.05) is 5.32 Å². The average molecular weight is 281 g/mol. The maximum atomic E-state index is 11.4. The van der Waals surface area contributed by atoms with Crippen molar-refractivity contribution in [3.63, 3.8) is 0 Å². The molecule has 0 aliphatic carbocycles. The number of nitro groups is 1. The smallest absolute Gasteiger partial charge is 0.338 e. The molecule has 8 nitrogen and oxygen atoms in total. The number of carbonyl (C=O) groups is 2. The molecule has 20 heavy (non-hydrogen) atoms. The summed E-state index contributed by atoms with van der Waals surface area (Å²) < 4.78 is 0. The summed E-state index contributed by atoms with van der Waals surface area (Å²) in [5, 5.41) is 22.6.